The Morgan fingerprint density at radius 3 is 1.31 bits per heavy atom. The number of carbonyl (C=O) groups excluding carboxylic acids is 16. The third-order valence-corrected chi connectivity index (χ3v) is 20.1. The molecule has 0 bridgehead atoms. The lowest BCUT2D eigenvalue weighted by Crippen LogP contribution is -2.62. The first-order valence-corrected chi connectivity index (χ1v) is 41.0. The summed E-state index contributed by atoms with van der Waals surface area (Å²) < 4.78 is 5.32. The number of hydrogen-bond acceptors (Lipinski definition) is 26. The van der Waals surface area contributed by atoms with Gasteiger partial charge in [0.05, 0.1) is 25.9 Å². The fourth-order valence-corrected chi connectivity index (χ4v) is 13.2. The number of benzene rings is 4. The molecule has 16 amide bonds. The molecule has 42 nitrogen and oxygen atoms in total. The summed E-state index contributed by atoms with van der Waals surface area (Å²) in [5.74, 6) is -16.3. The molecule has 44 heteroatoms. The van der Waals surface area contributed by atoms with Crippen LogP contribution in [0.3, 0.4) is 0 Å². The van der Waals surface area contributed by atoms with E-state index in [2.05, 4.69) is 110 Å². The van der Waals surface area contributed by atoms with Gasteiger partial charge in [0, 0.05) is 97.8 Å². The molecule has 6 aromatic rings. The molecule has 0 aliphatic heterocycles. The van der Waals surface area contributed by atoms with Crippen molar-refractivity contribution in [3.05, 3.63) is 132 Å². The van der Waals surface area contributed by atoms with Crippen LogP contribution in [0.2, 0.25) is 0 Å². The van der Waals surface area contributed by atoms with Gasteiger partial charge in [0.2, 0.25) is 94.5 Å². The molecule has 30 N–H and O–H groups in total. The van der Waals surface area contributed by atoms with Crippen molar-refractivity contribution in [3.63, 3.8) is 0 Å². The zero-order chi connectivity index (χ0) is 91.1. The van der Waals surface area contributed by atoms with Crippen molar-refractivity contribution in [2.24, 2.45) is 28.7 Å². The molecule has 0 aliphatic rings. The Bertz CT molecular complexity index is 4650. The molecule has 0 unspecified atom stereocenters. The van der Waals surface area contributed by atoms with Gasteiger partial charge in [0.1, 0.15) is 90.6 Å². The summed E-state index contributed by atoms with van der Waals surface area (Å²) >= 11 is 8.42. The Hall–Kier alpha value is -12.5. The van der Waals surface area contributed by atoms with Gasteiger partial charge in [-0.3, -0.25) is 76.7 Å². The van der Waals surface area contributed by atoms with E-state index in [1.807, 2.05) is 0 Å². The smallest absolute Gasteiger partial charge is 0.246 e. The number of aliphatic hydroxyl groups is 2. The summed E-state index contributed by atoms with van der Waals surface area (Å²) in [5.41, 5.74) is 31.4. The SMILES string of the molecule is CC(=O)N[C@@H](CS)C(=O)N[C@@H](CO)C(=O)N[C@H](C(=O)N[C@@H](Cc1c[nH]c2ccccc12)C(=O)N[C@@H](CCC(N)=O)C(=O)N[C@@H](CS)C(=O)N[C@@H](Cc1ccc(O)cc1)C(=O)N[C@@H](Cc1c[nH]c2ccccc12)C(=O)N[C@@H](CCCN)C(=O)N[C@@H](CN)C(=O)N[C@@H](Cc1ccc(O)cc1)C(=O)NCC(=O)NCCOCC(=O)N[C@H](CCCCN)C(N)=O)[C@@H](C)O. The number of hydrogen-bond donors (Lipinski definition) is 27. The van der Waals surface area contributed by atoms with Crippen LogP contribution in [0.1, 0.15) is 81.0 Å². The minimum absolute atomic E-state index is 0.0224. The number of amides is 16. The summed E-state index contributed by atoms with van der Waals surface area (Å²) in [6, 6.07) is 5.81. The second-order valence-electron chi connectivity index (χ2n) is 29.0. The zero-order valence-electron chi connectivity index (χ0n) is 68.3. The molecule has 2 heterocycles. The molecule has 6 rings (SSSR count). The van der Waals surface area contributed by atoms with E-state index in [9.17, 15) is 87.5 Å². The number of phenols is 2. The molecule has 4 aromatic carbocycles. The summed E-state index contributed by atoms with van der Waals surface area (Å²) in [6.45, 7) is -0.411. The number of phenolic OH excluding ortho intramolecular Hbond substituents is 2. The molecule has 0 spiro atoms. The first-order valence-electron chi connectivity index (χ1n) is 39.8. The second-order valence-corrected chi connectivity index (χ2v) is 29.8. The molecular weight excluding hydrogens is 1660 g/mol. The lowest BCUT2D eigenvalue weighted by Gasteiger charge is -2.28. The highest BCUT2D eigenvalue weighted by molar-refractivity contribution is 7.80. The minimum Gasteiger partial charge on any atom is -0.508 e. The predicted molar refractivity (Wildman–Crippen MR) is 458 cm³/mol. The van der Waals surface area contributed by atoms with Gasteiger partial charge in [-0.2, -0.15) is 25.3 Å². The van der Waals surface area contributed by atoms with Crippen molar-refractivity contribution in [3.8, 4) is 11.5 Å². The molecular formula is C80H111N21O21S2. The average molecular weight is 1770 g/mol. The van der Waals surface area contributed by atoms with Crippen molar-refractivity contribution in [2.45, 2.75) is 163 Å². The summed E-state index contributed by atoms with van der Waals surface area (Å²) in [6.07, 6.45) is 0.342. The molecule has 2 aromatic heterocycles. The third kappa shape index (κ3) is 32.7. The number of aliphatic hydroxyl groups excluding tert-OH is 2. The van der Waals surface area contributed by atoms with Crippen LogP contribution in [-0.4, -0.2) is 268 Å². The summed E-state index contributed by atoms with van der Waals surface area (Å²) in [4.78, 5) is 226. The normalized spacial score (nSPS) is 14.3. The largest absolute Gasteiger partial charge is 0.508 e. The predicted octanol–water partition coefficient (Wildman–Crippen LogP) is -6.77. The van der Waals surface area contributed by atoms with Crippen molar-refractivity contribution in [2.75, 3.05) is 64.1 Å². The van der Waals surface area contributed by atoms with Crippen LogP contribution in [-0.2, 0) is 107 Å². The van der Waals surface area contributed by atoms with Crippen LogP contribution in [0, 0.1) is 0 Å². The number of aromatic nitrogens is 2. The fraction of sp³-hybridized carbons (Fsp3) is 0.450. The van der Waals surface area contributed by atoms with Gasteiger partial charge in [0.25, 0.3) is 0 Å². The summed E-state index contributed by atoms with van der Waals surface area (Å²) in [7, 11) is 0. The van der Waals surface area contributed by atoms with Gasteiger partial charge in [0.15, 0.2) is 0 Å². The standard InChI is InChI=1S/C80H111N21O21S2/c1-42(103)68(101-77(118)62(38-102)99-78(119)63(40-123)90-43(2)104)80(121)97-60(33-47-36-88-53-13-6-4-11-51(47)53)75(116)93-56(24-25-65(84)107)72(113)100-64(41-124)79(120)95-58(31-45-18-22-49(106)23-19-45)73(114)96-59(32-46-35-87-52-12-5-3-10-50(46)52)74(115)92-55(15-9-27-82)71(112)98-61(34-83)76(117)94-57(30-44-16-20-48(105)21-17-44)70(111)89-37-66(108)86-28-29-122-39-67(109)91-54(69(85)110)14-7-8-26-81/h3-6,10-13,16-23,35-36,42,54-64,68,87-88,102-103,105-106,123-124H,7-9,14-15,24-34,37-41,81-83H2,1-2H3,(H2,84,107)(H2,85,110)(H,86,108)(H,89,111)(H,90,104)(H,91,109)(H,92,115)(H,93,116)(H,94,117)(H,95,120)(H,96,114)(H,97,121)(H,98,112)(H,99,119)(H,100,113)(H,101,118)/t42-,54-,55+,56+,57+,58+,59+,60+,61+,62+,63+,64+,68+/m1/s1. The van der Waals surface area contributed by atoms with Crippen LogP contribution in [0.15, 0.2) is 109 Å². The number of nitrogens with two attached hydrogens (primary N) is 5. The molecule has 124 heavy (non-hydrogen) atoms. The lowest BCUT2D eigenvalue weighted by molar-refractivity contribution is -0.137. The molecule has 674 valence electrons. The zero-order valence-corrected chi connectivity index (χ0v) is 70.0. The van der Waals surface area contributed by atoms with E-state index < -0.39 is 218 Å². The molecule has 0 aliphatic carbocycles. The number of H-pyrrole nitrogens is 2. The number of aromatic amines is 2. The first kappa shape index (κ1) is 100. The van der Waals surface area contributed by atoms with Crippen LogP contribution >= 0.6 is 25.3 Å². The van der Waals surface area contributed by atoms with Crippen LogP contribution in [0.4, 0.5) is 0 Å². The van der Waals surface area contributed by atoms with Crippen molar-refractivity contribution < 1.29 is 102 Å². The van der Waals surface area contributed by atoms with Gasteiger partial charge in [-0.25, -0.2) is 0 Å². The Morgan fingerprint density at radius 1 is 0.435 bits per heavy atom. The average Bonchev–Trinajstić information content (AvgIpc) is 1.64. The Labute approximate surface area is 723 Å². The molecule has 0 saturated carbocycles. The van der Waals surface area contributed by atoms with E-state index in [1.165, 1.54) is 54.7 Å². The molecule has 0 fully saturated rings. The minimum atomic E-state index is -1.91. The van der Waals surface area contributed by atoms with E-state index in [-0.39, 0.29) is 81.9 Å². The number of primary amides is 2. The number of aromatic hydroxyl groups is 2. The van der Waals surface area contributed by atoms with Crippen molar-refractivity contribution in [1.29, 1.82) is 0 Å². The van der Waals surface area contributed by atoms with E-state index in [0.29, 0.717) is 63.4 Å². The third-order valence-electron chi connectivity index (χ3n) is 19.4. The van der Waals surface area contributed by atoms with Crippen LogP contribution in [0.25, 0.3) is 21.8 Å². The number of fused-ring (bicyclic) bond motifs is 2. The molecule has 13 atom stereocenters. The lowest BCUT2D eigenvalue weighted by atomic mass is 10.0. The highest BCUT2D eigenvalue weighted by Gasteiger charge is 2.39. The number of ether oxygens (including phenoxy) is 1. The second kappa shape index (κ2) is 51.5. The van der Waals surface area contributed by atoms with Crippen LogP contribution < -0.4 is 103 Å². The maximum Gasteiger partial charge on any atom is 0.246 e. The maximum atomic E-state index is 15.2. The van der Waals surface area contributed by atoms with Gasteiger partial charge < -0.3 is 138 Å². The maximum absolute atomic E-state index is 15.2. The van der Waals surface area contributed by atoms with E-state index >= 15 is 9.59 Å². The number of unbranched alkanes of at least 4 members (excludes halogenated alkanes) is 1. The highest BCUT2D eigenvalue weighted by Crippen LogP contribution is 2.23. The topological polar surface area (TPSA) is 693 Å². The Morgan fingerprint density at radius 2 is 0.847 bits per heavy atom. The monoisotopic (exact) mass is 1770 g/mol. The number of nitrogens with one attached hydrogen (secondary N) is 16. The number of para-hydroxylation sites is 2. The van der Waals surface area contributed by atoms with Crippen molar-refractivity contribution >= 4 is 142 Å². The van der Waals surface area contributed by atoms with E-state index in [4.69, 9.17) is 33.4 Å². The summed E-state index contributed by atoms with van der Waals surface area (Å²) in [5, 5.41) is 77.4. The van der Waals surface area contributed by atoms with Crippen LogP contribution in [0.5, 0.6) is 11.5 Å². The number of rotatable bonds is 54. The van der Waals surface area contributed by atoms with Gasteiger partial charge >= 0.3 is 0 Å². The quantitative estimate of drug-likeness (QED) is 0.0125. The fourth-order valence-electron chi connectivity index (χ4n) is 12.7. The van der Waals surface area contributed by atoms with E-state index in [0.717, 1.165) is 13.8 Å². The first-order chi connectivity index (χ1) is 59.2. The van der Waals surface area contributed by atoms with E-state index in [1.54, 1.807) is 54.7 Å². The van der Waals surface area contributed by atoms with Crippen molar-refractivity contribution in [1.82, 2.24) is 84.4 Å². The molecule has 0 saturated heterocycles. The Kier molecular flexibility index (Phi) is 41.6. The highest BCUT2D eigenvalue weighted by atomic mass is 32.1. The Balaban J connectivity index is 1.22. The molecule has 0 radical (unpaired) electrons. The van der Waals surface area contributed by atoms with Gasteiger partial charge in [-0.15, -0.1) is 0 Å². The number of carbonyl (C=O) groups is 16. The van der Waals surface area contributed by atoms with Gasteiger partial charge in [-0.1, -0.05) is 60.7 Å². The van der Waals surface area contributed by atoms with Gasteiger partial charge in [-0.05, 0) is 117 Å². The number of thiol groups is 2.